The largest absolute Gasteiger partial charge is 0.507 e. The fraction of sp³-hybridized carbons (Fsp3) is 0. The summed E-state index contributed by atoms with van der Waals surface area (Å²) in [6.45, 7) is 0. The number of phenols is 3. The zero-order valence-corrected chi connectivity index (χ0v) is 8.88. The Morgan fingerprint density at radius 1 is 0.647 bits per heavy atom. The van der Waals surface area contributed by atoms with Crippen LogP contribution in [0.5, 0.6) is 17.2 Å². The third-order valence-corrected chi connectivity index (χ3v) is 2.97. The average molecular weight is 226 g/mol. The van der Waals surface area contributed by atoms with E-state index in [2.05, 4.69) is 0 Å². The van der Waals surface area contributed by atoms with E-state index in [1.807, 2.05) is 24.3 Å². The highest BCUT2D eigenvalue weighted by molar-refractivity contribution is 6.07. The van der Waals surface area contributed by atoms with Crippen molar-refractivity contribution in [1.82, 2.24) is 0 Å². The van der Waals surface area contributed by atoms with Crippen LogP contribution in [0.1, 0.15) is 0 Å². The SMILES string of the molecule is Oc1ccc2c(O)c3ccccc3cc2c1O. The minimum atomic E-state index is -0.205. The lowest BCUT2D eigenvalue weighted by Crippen LogP contribution is -1.80. The maximum atomic E-state index is 10.1. The molecule has 0 radical (unpaired) electrons. The van der Waals surface area contributed by atoms with E-state index in [4.69, 9.17) is 0 Å². The molecule has 0 heterocycles. The minimum Gasteiger partial charge on any atom is -0.507 e. The summed E-state index contributed by atoms with van der Waals surface area (Å²) in [4.78, 5) is 0. The summed E-state index contributed by atoms with van der Waals surface area (Å²) in [6.07, 6.45) is 0. The number of aromatic hydroxyl groups is 3. The lowest BCUT2D eigenvalue weighted by Gasteiger charge is -2.08. The highest BCUT2D eigenvalue weighted by Gasteiger charge is 2.11. The van der Waals surface area contributed by atoms with E-state index in [0.717, 1.165) is 10.8 Å². The van der Waals surface area contributed by atoms with Crippen molar-refractivity contribution >= 4 is 21.5 Å². The number of benzene rings is 3. The van der Waals surface area contributed by atoms with Gasteiger partial charge in [-0.2, -0.15) is 0 Å². The molecule has 17 heavy (non-hydrogen) atoms. The van der Waals surface area contributed by atoms with Crippen molar-refractivity contribution in [2.75, 3.05) is 0 Å². The van der Waals surface area contributed by atoms with Crippen molar-refractivity contribution in [3.8, 4) is 17.2 Å². The van der Waals surface area contributed by atoms with Crippen molar-refractivity contribution in [3.63, 3.8) is 0 Å². The Bertz CT molecular complexity index is 732. The van der Waals surface area contributed by atoms with E-state index in [0.29, 0.717) is 10.8 Å². The first kappa shape index (κ1) is 9.78. The summed E-state index contributed by atoms with van der Waals surface area (Å²) in [5, 5.41) is 31.9. The molecular weight excluding hydrogens is 216 g/mol. The van der Waals surface area contributed by atoms with E-state index in [1.54, 1.807) is 12.1 Å². The third kappa shape index (κ3) is 1.29. The zero-order valence-electron chi connectivity index (χ0n) is 8.88. The molecule has 3 aromatic rings. The topological polar surface area (TPSA) is 60.7 Å². The molecule has 0 aliphatic heterocycles. The van der Waals surface area contributed by atoms with Crippen molar-refractivity contribution in [2.24, 2.45) is 0 Å². The second kappa shape index (κ2) is 3.28. The Morgan fingerprint density at radius 3 is 2.24 bits per heavy atom. The van der Waals surface area contributed by atoms with E-state index in [9.17, 15) is 15.3 Å². The quantitative estimate of drug-likeness (QED) is 0.407. The van der Waals surface area contributed by atoms with Crippen LogP contribution in [0, 0.1) is 0 Å². The second-order valence-corrected chi connectivity index (χ2v) is 3.97. The van der Waals surface area contributed by atoms with Gasteiger partial charge in [0.25, 0.3) is 0 Å². The van der Waals surface area contributed by atoms with E-state index in [1.165, 1.54) is 6.07 Å². The van der Waals surface area contributed by atoms with Crippen LogP contribution >= 0.6 is 0 Å². The van der Waals surface area contributed by atoms with Crippen molar-refractivity contribution < 1.29 is 15.3 Å². The maximum absolute atomic E-state index is 10.1. The summed E-state index contributed by atoms with van der Waals surface area (Å²) in [6, 6.07) is 12.1. The maximum Gasteiger partial charge on any atom is 0.165 e. The molecule has 0 aliphatic rings. The highest BCUT2D eigenvalue weighted by atomic mass is 16.3. The lowest BCUT2D eigenvalue weighted by atomic mass is 10.0. The molecule has 0 spiro atoms. The van der Waals surface area contributed by atoms with Gasteiger partial charge in [-0.1, -0.05) is 24.3 Å². The van der Waals surface area contributed by atoms with Crippen molar-refractivity contribution in [3.05, 3.63) is 42.5 Å². The molecule has 0 unspecified atom stereocenters. The standard InChI is InChI=1S/C14H10O3/c15-12-6-5-10-11(14(12)17)7-8-3-1-2-4-9(8)13(10)16/h1-7,15-17H. The van der Waals surface area contributed by atoms with Crippen LogP contribution in [0.15, 0.2) is 42.5 Å². The van der Waals surface area contributed by atoms with Gasteiger partial charge in [-0.25, -0.2) is 0 Å². The normalized spacial score (nSPS) is 11.1. The van der Waals surface area contributed by atoms with Gasteiger partial charge in [0.15, 0.2) is 11.5 Å². The number of phenolic OH excluding ortho intramolecular Hbond substituents is 3. The summed E-state index contributed by atoms with van der Waals surface area (Å²) >= 11 is 0. The summed E-state index contributed by atoms with van der Waals surface area (Å²) in [7, 11) is 0. The van der Waals surface area contributed by atoms with Gasteiger partial charge in [0.05, 0.1) is 0 Å². The summed E-state index contributed by atoms with van der Waals surface area (Å²) in [5.74, 6) is -0.274. The Kier molecular flexibility index (Phi) is 1.89. The van der Waals surface area contributed by atoms with Gasteiger partial charge >= 0.3 is 0 Å². The van der Waals surface area contributed by atoms with Gasteiger partial charge in [-0.05, 0) is 23.6 Å². The van der Waals surface area contributed by atoms with Crippen LogP contribution in [0.4, 0.5) is 0 Å². The van der Waals surface area contributed by atoms with Gasteiger partial charge in [-0.15, -0.1) is 0 Å². The molecule has 3 N–H and O–H groups in total. The molecule has 0 fully saturated rings. The molecule has 3 nitrogen and oxygen atoms in total. The first-order valence-corrected chi connectivity index (χ1v) is 5.24. The van der Waals surface area contributed by atoms with Gasteiger partial charge in [0.2, 0.25) is 0 Å². The molecule has 0 aromatic heterocycles. The summed E-state index contributed by atoms with van der Waals surface area (Å²) in [5.41, 5.74) is 0. The number of hydrogen-bond donors (Lipinski definition) is 3. The smallest absolute Gasteiger partial charge is 0.165 e. The van der Waals surface area contributed by atoms with Gasteiger partial charge in [0.1, 0.15) is 5.75 Å². The molecule has 0 aliphatic carbocycles. The number of rotatable bonds is 0. The predicted octanol–water partition coefficient (Wildman–Crippen LogP) is 3.11. The average Bonchev–Trinajstić information content (AvgIpc) is 2.35. The molecule has 3 heteroatoms. The van der Waals surface area contributed by atoms with E-state index in [-0.39, 0.29) is 17.2 Å². The van der Waals surface area contributed by atoms with Crippen LogP contribution in [0.25, 0.3) is 21.5 Å². The molecule has 0 atom stereocenters. The van der Waals surface area contributed by atoms with Crippen LogP contribution in [0.3, 0.4) is 0 Å². The van der Waals surface area contributed by atoms with Gasteiger partial charge in [0, 0.05) is 16.2 Å². The van der Waals surface area contributed by atoms with Crippen molar-refractivity contribution in [2.45, 2.75) is 0 Å². The zero-order chi connectivity index (χ0) is 12.0. The first-order chi connectivity index (χ1) is 8.18. The molecule has 84 valence electrons. The van der Waals surface area contributed by atoms with Gasteiger partial charge in [-0.3, -0.25) is 0 Å². The fourth-order valence-electron chi connectivity index (χ4n) is 2.09. The van der Waals surface area contributed by atoms with Crippen LogP contribution in [-0.2, 0) is 0 Å². The Balaban J connectivity index is 2.59. The van der Waals surface area contributed by atoms with Crippen LogP contribution in [-0.4, -0.2) is 15.3 Å². The molecule has 3 rings (SSSR count). The van der Waals surface area contributed by atoms with Crippen LogP contribution < -0.4 is 0 Å². The molecule has 0 bridgehead atoms. The van der Waals surface area contributed by atoms with Crippen LogP contribution in [0.2, 0.25) is 0 Å². The molecular formula is C14H10O3. The Labute approximate surface area is 97.2 Å². The highest BCUT2D eigenvalue weighted by Crippen LogP contribution is 2.41. The second-order valence-electron chi connectivity index (χ2n) is 3.97. The monoisotopic (exact) mass is 226 g/mol. The molecule has 0 saturated carbocycles. The predicted molar refractivity (Wildman–Crippen MR) is 66.4 cm³/mol. The molecule has 0 saturated heterocycles. The lowest BCUT2D eigenvalue weighted by molar-refractivity contribution is 0.408. The number of fused-ring (bicyclic) bond motifs is 2. The van der Waals surface area contributed by atoms with Crippen molar-refractivity contribution in [1.29, 1.82) is 0 Å². The Morgan fingerprint density at radius 2 is 1.41 bits per heavy atom. The molecule has 0 amide bonds. The first-order valence-electron chi connectivity index (χ1n) is 5.24. The van der Waals surface area contributed by atoms with Gasteiger partial charge < -0.3 is 15.3 Å². The van der Waals surface area contributed by atoms with E-state index < -0.39 is 0 Å². The number of hydrogen-bond acceptors (Lipinski definition) is 3. The third-order valence-electron chi connectivity index (χ3n) is 2.97. The summed E-state index contributed by atoms with van der Waals surface area (Å²) < 4.78 is 0. The minimum absolute atomic E-state index is 0.119. The molecule has 3 aromatic carbocycles. The fourth-order valence-corrected chi connectivity index (χ4v) is 2.09. The Hall–Kier alpha value is -2.42. The van der Waals surface area contributed by atoms with E-state index >= 15 is 0 Å².